The van der Waals surface area contributed by atoms with E-state index in [-0.39, 0.29) is 23.5 Å². The fourth-order valence-corrected chi connectivity index (χ4v) is 6.77. The van der Waals surface area contributed by atoms with Crippen LogP contribution in [-0.4, -0.2) is 65.7 Å². The molecular weight excluding hydrogens is 458 g/mol. The van der Waals surface area contributed by atoms with Gasteiger partial charge in [0.05, 0.1) is 41.4 Å². The molecule has 2 heterocycles. The minimum absolute atomic E-state index is 0.0310. The van der Waals surface area contributed by atoms with E-state index in [1.54, 1.807) is 19.1 Å². The van der Waals surface area contributed by atoms with Crippen molar-refractivity contribution in [3.8, 4) is 22.7 Å². The Morgan fingerprint density at radius 1 is 1.21 bits per heavy atom. The molecule has 0 spiro atoms. The summed E-state index contributed by atoms with van der Waals surface area (Å²) in [6, 6.07) is 17.4. The molecule has 0 aliphatic carbocycles. The zero-order valence-corrected chi connectivity index (χ0v) is 20.5. The van der Waals surface area contributed by atoms with Crippen molar-refractivity contribution in [2.45, 2.75) is 29.8 Å². The van der Waals surface area contributed by atoms with E-state index in [1.807, 2.05) is 72.3 Å². The number of ether oxygens (including phenoxy) is 1. The number of amides is 1. The van der Waals surface area contributed by atoms with Gasteiger partial charge in [-0.3, -0.25) is 9.36 Å². The number of aromatic nitrogens is 2. The van der Waals surface area contributed by atoms with Crippen molar-refractivity contribution in [3.05, 3.63) is 60.8 Å². The first-order valence-electron chi connectivity index (χ1n) is 10.7. The molecule has 4 rings (SSSR count). The standard InChI is InChI=1S/C24H27N3O4S2/c1-17(23(28)26(2)20-12-13-33(29,30)16-20)32-24-25-15-22(18-8-5-4-6-9-18)27(24)19-10-7-11-21(14-19)31-3/h4-11,14-15,17,20H,12-13,16H2,1-3H3/t17-,20+/m0/s1. The van der Waals surface area contributed by atoms with E-state index in [0.717, 1.165) is 22.7 Å². The van der Waals surface area contributed by atoms with E-state index >= 15 is 0 Å². The number of nitrogens with zero attached hydrogens (tertiary/aromatic N) is 3. The van der Waals surface area contributed by atoms with Crippen LogP contribution in [0, 0.1) is 0 Å². The average molecular weight is 486 g/mol. The van der Waals surface area contributed by atoms with Gasteiger partial charge in [-0.2, -0.15) is 0 Å². The Labute approximate surface area is 198 Å². The molecule has 1 aromatic heterocycles. The number of hydrogen-bond acceptors (Lipinski definition) is 6. The van der Waals surface area contributed by atoms with E-state index in [4.69, 9.17) is 4.74 Å². The van der Waals surface area contributed by atoms with Gasteiger partial charge in [0, 0.05) is 24.7 Å². The third kappa shape index (κ3) is 5.09. The van der Waals surface area contributed by atoms with E-state index in [2.05, 4.69) is 4.98 Å². The van der Waals surface area contributed by atoms with Gasteiger partial charge in [-0.05, 0) is 25.5 Å². The maximum Gasteiger partial charge on any atom is 0.235 e. The molecule has 7 nitrogen and oxygen atoms in total. The zero-order chi connectivity index (χ0) is 23.6. The fraction of sp³-hybridized carbons (Fsp3) is 0.333. The number of hydrogen-bond donors (Lipinski definition) is 0. The maximum absolute atomic E-state index is 13.1. The smallest absolute Gasteiger partial charge is 0.235 e. The Morgan fingerprint density at radius 3 is 2.64 bits per heavy atom. The molecule has 174 valence electrons. The molecule has 1 saturated heterocycles. The van der Waals surface area contributed by atoms with Gasteiger partial charge in [0.15, 0.2) is 15.0 Å². The highest BCUT2D eigenvalue weighted by atomic mass is 32.2. The molecule has 1 amide bonds. The summed E-state index contributed by atoms with van der Waals surface area (Å²) in [6.45, 7) is 1.83. The lowest BCUT2D eigenvalue weighted by atomic mass is 10.1. The first-order chi connectivity index (χ1) is 15.8. The molecule has 0 N–H and O–H groups in total. The SMILES string of the molecule is COc1cccc(-n2c(-c3ccccc3)cnc2S[C@@H](C)C(=O)N(C)[C@@H]2CCS(=O)(=O)C2)c1. The summed E-state index contributed by atoms with van der Waals surface area (Å²) in [6.07, 6.45) is 2.29. The van der Waals surface area contributed by atoms with Gasteiger partial charge in [0.1, 0.15) is 5.75 Å². The number of thioether (sulfide) groups is 1. The van der Waals surface area contributed by atoms with Crippen molar-refractivity contribution >= 4 is 27.5 Å². The van der Waals surface area contributed by atoms with Crippen LogP contribution in [0.3, 0.4) is 0 Å². The molecule has 0 radical (unpaired) electrons. The Bertz CT molecular complexity index is 1240. The zero-order valence-electron chi connectivity index (χ0n) is 18.8. The predicted octanol–water partition coefficient (Wildman–Crippen LogP) is 3.67. The van der Waals surface area contributed by atoms with Crippen molar-refractivity contribution in [1.82, 2.24) is 14.5 Å². The van der Waals surface area contributed by atoms with Gasteiger partial charge in [0.2, 0.25) is 5.91 Å². The molecule has 1 aliphatic rings. The van der Waals surface area contributed by atoms with Crippen LogP contribution in [0.5, 0.6) is 5.75 Å². The molecule has 2 atom stereocenters. The molecule has 2 aromatic carbocycles. The van der Waals surface area contributed by atoms with E-state index in [9.17, 15) is 13.2 Å². The molecule has 0 unspecified atom stereocenters. The van der Waals surface area contributed by atoms with Gasteiger partial charge >= 0.3 is 0 Å². The van der Waals surface area contributed by atoms with Crippen molar-refractivity contribution < 1.29 is 17.9 Å². The topological polar surface area (TPSA) is 81.5 Å². The second-order valence-electron chi connectivity index (χ2n) is 8.10. The molecule has 33 heavy (non-hydrogen) atoms. The van der Waals surface area contributed by atoms with Gasteiger partial charge in [-0.1, -0.05) is 48.2 Å². The highest BCUT2D eigenvalue weighted by Gasteiger charge is 2.34. The third-order valence-corrected chi connectivity index (χ3v) is 8.65. The minimum Gasteiger partial charge on any atom is -0.497 e. The van der Waals surface area contributed by atoms with Crippen LogP contribution in [0.1, 0.15) is 13.3 Å². The summed E-state index contributed by atoms with van der Waals surface area (Å²) >= 11 is 1.36. The number of benzene rings is 2. The second kappa shape index (κ2) is 9.61. The Hall–Kier alpha value is -2.78. The highest BCUT2D eigenvalue weighted by molar-refractivity contribution is 8.00. The molecule has 3 aromatic rings. The molecule has 9 heteroatoms. The lowest BCUT2D eigenvalue weighted by molar-refractivity contribution is -0.130. The fourth-order valence-electron chi connectivity index (χ4n) is 3.99. The van der Waals surface area contributed by atoms with Crippen molar-refractivity contribution in [2.75, 3.05) is 25.7 Å². The van der Waals surface area contributed by atoms with Crippen LogP contribution in [0.2, 0.25) is 0 Å². The first kappa shape index (κ1) is 23.4. The monoisotopic (exact) mass is 485 g/mol. The van der Waals surface area contributed by atoms with Crippen LogP contribution in [0.25, 0.3) is 16.9 Å². The Morgan fingerprint density at radius 2 is 1.97 bits per heavy atom. The molecule has 0 saturated carbocycles. The van der Waals surface area contributed by atoms with Crippen LogP contribution < -0.4 is 4.74 Å². The van der Waals surface area contributed by atoms with Crippen LogP contribution >= 0.6 is 11.8 Å². The number of carbonyl (C=O) groups excluding carboxylic acids is 1. The lowest BCUT2D eigenvalue weighted by Crippen LogP contribution is -2.41. The van der Waals surface area contributed by atoms with Crippen molar-refractivity contribution in [3.63, 3.8) is 0 Å². The van der Waals surface area contributed by atoms with E-state index in [0.29, 0.717) is 11.6 Å². The summed E-state index contributed by atoms with van der Waals surface area (Å²) in [7, 11) is 0.251. The number of methoxy groups -OCH3 is 1. The van der Waals surface area contributed by atoms with Gasteiger partial charge in [-0.15, -0.1) is 0 Å². The Balaban J connectivity index is 1.65. The summed E-state index contributed by atoms with van der Waals surface area (Å²) in [5.41, 5.74) is 2.79. The summed E-state index contributed by atoms with van der Waals surface area (Å²) in [4.78, 5) is 19.4. The molecule has 1 fully saturated rings. The summed E-state index contributed by atoms with van der Waals surface area (Å²) < 4.78 is 31.1. The normalized spacial score (nSPS) is 18.1. The van der Waals surface area contributed by atoms with Crippen molar-refractivity contribution in [2.24, 2.45) is 0 Å². The Kier molecular flexibility index (Phi) is 6.81. The van der Waals surface area contributed by atoms with E-state index < -0.39 is 15.1 Å². The van der Waals surface area contributed by atoms with Crippen LogP contribution in [0.4, 0.5) is 0 Å². The lowest BCUT2D eigenvalue weighted by Gasteiger charge is -2.26. The average Bonchev–Trinajstić information content (AvgIpc) is 3.41. The minimum atomic E-state index is -3.06. The van der Waals surface area contributed by atoms with Gasteiger partial charge in [-0.25, -0.2) is 13.4 Å². The third-order valence-electron chi connectivity index (χ3n) is 5.84. The number of imidazole rings is 1. The number of sulfone groups is 1. The number of rotatable bonds is 7. The largest absolute Gasteiger partial charge is 0.497 e. The highest BCUT2D eigenvalue weighted by Crippen LogP contribution is 2.33. The summed E-state index contributed by atoms with van der Waals surface area (Å²) in [5, 5.41) is 0.240. The number of carbonyl (C=O) groups is 1. The molecule has 0 bridgehead atoms. The molecular formula is C24H27N3O4S2. The van der Waals surface area contributed by atoms with Gasteiger partial charge < -0.3 is 9.64 Å². The van der Waals surface area contributed by atoms with Gasteiger partial charge in [0.25, 0.3) is 0 Å². The summed E-state index contributed by atoms with van der Waals surface area (Å²) in [5.74, 6) is 0.784. The predicted molar refractivity (Wildman–Crippen MR) is 131 cm³/mol. The van der Waals surface area contributed by atoms with Crippen LogP contribution in [-0.2, 0) is 14.6 Å². The van der Waals surface area contributed by atoms with E-state index in [1.165, 1.54) is 11.8 Å². The quantitative estimate of drug-likeness (QED) is 0.475. The second-order valence-corrected chi connectivity index (χ2v) is 11.6. The van der Waals surface area contributed by atoms with Crippen molar-refractivity contribution in [1.29, 1.82) is 0 Å². The maximum atomic E-state index is 13.1. The van der Waals surface area contributed by atoms with Crippen LogP contribution in [0.15, 0.2) is 66.0 Å². The first-order valence-corrected chi connectivity index (χ1v) is 13.4. The molecule has 1 aliphatic heterocycles.